The predicted octanol–water partition coefficient (Wildman–Crippen LogP) is 3.87. The number of piperidine rings is 1. The molecule has 2 aliphatic heterocycles. The number of rotatable bonds is 7. The number of aromatic nitrogens is 3. The molecule has 1 fully saturated rings. The second-order valence-electron chi connectivity index (χ2n) is 8.36. The maximum atomic E-state index is 14.1. The number of halogens is 2. The lowest BCUT2D eigenvalue weighted by Gasteiger charge is -2.31. The number of carbonyl (C=O) groups is 1. The summed E-state index contributed by atoms with van der Waals surface area (Å²) in [5.74, 6) is -0.833. The number of ether oxygens (including phenoxy) is 2. The van der Waals surface area contributed by atoms with Gasteiger partial charge in [-0.2, -0.15) is 0 Å². The molecule has 9 nitrogen and oxygen atoms in total. The van der Waals surface area contributed by atoms with Crippen molar-refractivity contribution in [2.24, 2.45) is 5.16 Å². The minimum atomic E-state index is -0.815. The molecule has 0 aliphatic carbocycles. The van der Waals surface area contributed by atoms with Crippen LogP contribution in [0.1, 0.15) is 47.5 Å². The molecule has 2 aliphatic rings. The van der Waals surface area contributed by atoms with Crippen molar-refractivity contribution in [2.75, 3.05) is 26.8 Å². The van der Waals surface area contributed by atoms with E-state index in [4.69, 9.17) is 19.3 Å². The van der Waals surface area contributed by atoms with E-state index >= 15 is 0 Å². The standard InChI is InChI=1S/C24H23F2N5O4S/c1-33-22-23(28-8-7-27-22)34-12-20(32)31-9-5-14(6-10-31)24-29-18(13-36-24)17-11-19(35-30-17)21-15(25)3-2-4-16(21)26/h2-4,7-8,13-14,19H,5-6,9-12H2,1H3. The average Bonchev–Trinajstić information content (AvgIpc) is 3.58. The summed E-state index contributed by atoms with van der Waals surface area (Å²) in [6.45, 7) is 1.01. The van der Waals surface area contributed by atoms with Crippen molar-refractivity contribution < 1.29 is 27.9 Å². The summed E-state index contributed by atoms with van der Waals surface area (Å²) in [4.78, 5) is 32.5. The van der Waals surface area contributed by atoms with E-state index in [1.54, 1.807) is 4.90 Å². The number of methoxy groups -OCH3 is 1. The zero-order chi connectivity index (χ0) is 25.1. The minimum absolute atomic E-state index is 0.120. The quantitative estimate of drug-likeness (QED) is 0.471. The van der Waals surface area contributed by atoms with Gasteiger partial charge in [-0.25, -0.2) is 23.7 Å². The Morgan fingerprint density at radius 3 is 2.61 bits per heavy atom. The van der Waals surface area contributed by atoms with Gasteiger partial charge in [0.15, 0.2) is 12.7 Å². The third kappa shape index (κ3) is 4.99. The lowest BCUT2D eigenvalue weighted by atomic mass is 9.97. The van der Waals surface area contributed by atoms with Gasteiger partial charge in [0.25, 0.3) is 17.7 Å². The molecule has 0 bridgehead atoms. The van der Waals surface area contributed by atoms with Gasteiger partial charge in [0.1, 0.15) is 17.3 Å². The largest absolute Gasteiger partial charge is 0.477 e. The van der Waals surface area contributed by atoms with Gasteiger partial charge >= 0.3 is 0 Å². The monoisotopic (exact) mass is 515 g/mol. The number of likely N-dealkylation sites (tertiary alicyclic amines) is 1. The topological polar surface area (TPSA) is 99.0 Å². The molecule has 1 aromatic carbocycles. The highest BCUT2D eigenvalue weighted by molar-refractivity contribution is 7.10. The molecule has 4 heterocycles. The molecular formula is C24H23F2N5O4S. The molecule has 12 heteroatoms. The SMILES string of the molecule is COc1nccnc1OCC(=O)N1CCC(c2nc(C3=NOC(c4c(F)cccc4F)C3)cs2)CC1. The highest BCUT2D eigenvalue weighted by Gasteiger charge is 2.31. The zero-order valence-corrected chi connectivity index (χ0v) is 20.2. The van der Waals surface area contributed by atoms with E-state index in [0.29, 0.717) is 24.5 Å². The molecule has 188 valence electrons. The Balaban J connectivity index is 1.14. The second-order valence-corrected chi connectivity index (χ2v) is 9.25. The molecule has 36 heavy (non-hydrogen) atoms. The van der Waals surface area contributed by atoms with Crippen LogP contribution < -0.4 is 9.47 Å². The van der Waals surface area contributed by atoms with Gasteiger partial charge in [-0.1, -0.05) is 11.2 Å². The number of thiazole rings is 1. The molecule has 1 atom stereocenters. The molecule has 5 rings (SSSR count). The molecule has 0 N–H and O–H groups in total. The normalized spacial score (nSPS) is 18.0. The Labute approximate surface area is 209 Å². The summed E-state index contributed by atoms with van der Waals surface area (Å²) in [5.41, 5.74) is 1.10. The molecule has 1 amide bonds. The van der Waals surface area contributed by atoms with E-state index in [2.05, 4.69) is 15.1 Å². The average molecular weight is 516 g/mol. The minimum Gasteiger partial charge on any atom is -0.477 e. The van der Waals surface area contributed by atoms with Crippen molar-refractivity contribution in [3.63, 3.8) is 0 Å². The van der Waals surface area contributed by atoms with E-state index < -0.39 is 17.7 Å². The molecule has 2 aromatic heterocycles. The summed E-state index contributed by atoms with van der Waals surface area (Å²) in [6.07, 6.45) is 3.90. The van der Waals surface area contributed by atoms with Gasteiger partial charge in [-0.3, -0.25) is 4.79 Å². The number of hydrogen-bond donors (Lipinski definition) is 0. The lowest BCUT2D eigenvalue weighted by Crippen LogP contribution is -2.40. The first-order valence-corrected chi connectivity index (χ1v) is 12.3. The first kappa shape index (κ1) is 24.0. The number of hydrogen-bond acceptors (Lipinski definition) is 9. The van der Waals surface area contributed by atoms with Crippen molar-refractivity contribution in [3.05, 3.63) is 63.9 Å². The van der Waals surface area contributed by atoms with E-state index in [-0.39, 0.29) is 42.2 Å². The van der Waals surface area contributed by atoms with Crippen molar-refractivity contribution >= 4 is 23.0 Å². The van der Waals surface area contributed by atoms with Crippen LogP contribution in [-0.4, -0.2) is 58.3 Å². The Morgan fingerprint density at radius 2 is 1.89 bits per heavy atom. The van der Waals surface area contributed by atoms with Crippen LogP contribution in [0.5, 0.6) is 11.8 Å². The van der Waals surface area contributed by atoms with Gasteiger partial charge < -0.3 is 19.2 Å². The smallest absolute Gasteiger partial charge is 0.278 e. The maximum Gasteiger partial charge on any atom is 0.278 e. The molecule has 1 unspecified atom stereocenters. The van der Waals surface area contributed by atoms with E-state index in [1.807, 2.05) is 5.38 Å². The molecule has 3 aromatic rings. The van der Waals surface area contributed by atoms with Crippen LogP contribution in [0.4, 0.5) is 8.78 Å². The van der Waals surface area contributed by atoms with Crippen LogP contribution in [0.25, 0.3) is 0 Å². The predicted molar refractivity (Wildman–Crippen MR) is 126 cm³/mol. The van der Waals surface area contributed by atoms with Crippen LogP contribution in [0.3, 0.4) is 0 Å². The Bertz CT molecular complexity index is 1260. The van der Waals surface area contributed by atoms with Gasteiger partial charge in [0.05, 0.1) is 23.4 Å². The first-order chi connectivity index (χ1) is 17.5. The molecule has 0 saturated carbocycles. The highest BCUT2D eigenvalue weighted by Crippen LogP contribution is 2.35. The zero-order valence-electron chi connectivity index (χ0n) is 19.4. The lowest BCUT2D eigenvalue weighted by molar-refractivity contribution is -0.134. The molecule has 1 saturated heterocycles. The fourth-order valence-corrected chi connectivity index (χ4v) is 5.26. The summed E-state index contributed by atoms with van der Waals surface area (Å²) < 4.78 is 38.8. The van der Waals surface area contributed by atoms with Gasteiger partial charge in [0.2, 0.25) is 0 Å². The Kier molecular flexibility index (Phi) is 7.03. The van der Waals surface area contributed by atoms with E-state index in [1.165, 1.54) is 49.0 Å². The fourth-order valence-electron chi connectivity index (χ4n) is 4.26. The third-order valence-electron chi connectivity index (χ3n) is 6.16. The van der Waals surface area contributed by atoms with Crippen molar-refractivity contribution in [3.8, 4) is 11.8 Å². The van der Waals surface area contributed by atoms with Gasteiger partial charge in [-0.05, 0) is 25.0 Å². The Morgan fingerprint density at radius 1 is 1.17 bits per heavy atom. The number of benzene rings is 1. The highest BCUT2D eigenvalue weighted by atomic mass is 32.1. The van der Waals surface area contributed by atoms with Crippen LogP contribution >= 0.6 is 11.3 Å². The van der Waals surface area contributed by atoms with E-state index in [0.717, 1.165) is 17.8 Å². The summed E-state index contributed by atoms with van der Waals surface area (Å²) in [5, 5.41) is 6.87. The summed E-state index contributed by atoms with van der Waals surface area (Å²) in [6, 6.07) is 3.73. The Hall–Kier alpha value is -3.67. The molecular weight excluding hydrogens is 492 g/mol. The van der Waals surface area contributed by atoms with Crippen LogP contribution in [0.2, 0.25) is 0 Å². The summed E-state index contributed by atoms with van der Waals surface area (Å²) >= 11 is 1.51. The van der Waals surface area contributed by atoms with Crippen molar-refractivity contribution in [1.82, 2.24) is 19.9 Å². The van der Waals surface area contributed by atoms with Crippen LogP contribution in [0, 0.1) is 11.6 Å². The van der Waals surface area contributed by atoms with Crippen molar-refractivity contribution in [1.29, 1.82) is 0 Å². The van der Waals surface area contributed by atoms with E-state index in [9.17, 15) is 13.6 Å². The maximum absolute atomic E-state index is 14.1. The number of carbonyl (C=O) groups excluding carboxylic acids is 1. The molecule has 0 radical (unpaired) electrons. The van der Waals surface area contributed by atoms with Crippen molar-refractivity contribution in [2.45, 2.75) is 31.3 Å². The second kappa shape index (κ2) is 10.5. The number of nitrogens with zero attached hydrogens (tertiary/aromatic N) is 5. The first-order valence-electron chi connectivity index (χ1n) is 11.4. The van der Waals surface area contributed by atoms with Crippen LogP contribution in [0.15, 0.2) is 41.1 Å². The van der Waals surface area contributed by atoms with Gasteiger partial charge in [0, 0.05) is 43.2 Å². The summed E-state index contributed by atoms with van der Waals surface area (Å²) in [7, 11) is 1.46. The van der Waals surface area contributed by atoms with Gasteiger partial charge in [-0.15, -0.1) is 11.3 Å². The number of amides is 1. The fraction of sp³-hybridized carbons (Fsp3) is 0.375. The molecule has 0 spiro atoms. The third-order valence-corrected chi connectivity index (χ3v) is 7.17. The van der Waals surface area contributed by atoms with Crippen LogP contribution in [-0.2, 0) is 9.63 Å². The number of oxime groups is 1.